The lowest BCUT2D eigenvalue weighted by Crippen LogP contribution is -2.27. The number of rotatable bonds is 4. The molecule has 1 amide bonds. The van der Waals surface area contributed by atoms with E-state index in [-0.39, 0.29) is 17.4 Å². The molecule has 28 heavy (non-hydrogen) atoms. The molecule has 0 unspecified atom stereocenters. The molecule has 7 heteroatoms. The number of hydrogen-bond donors (Lipinski definition) is 1. The van der Waals surface area contributed by atoms with Crippen molar-refractivity contribution in [3.63, 3.8) is 0 Å². The van der Waals surface area contributed by atoms with Gasteiger partial charge in [-0.15, -0.1) is 0 Å². The Morgan fingerprint density at radius 3 is 2.64 bits per heavy atom. The Morgan fingerprint density at radius 2 is 1.93 bits per heavy atom. The Hall–Kier alpha value is -2.70. The second kappa shape index (κ2) is 8.12. The predicted molar refractivity (Wildman–Crippen MR) is 108 cm³/mol. The molecule has 2 aromatic heterocycles. The summed E-state index contributed by atoms with van der Waals surface area (Å²) in [5.74, 6) is 0.191. The van der Waals surface area contributed by atoms with Crippen LogP contribution in [0, 0.1) is 5.82 Å². The van der Waals surface area contributed by atoms with E-state index in [9.17, 15) is 9.18 Å². The van der Waals surface area contributed by atoms with Crippen LogP contribution in [-0.4, -0.2) is 33.8 Å². The van der Waals surface area contributed by atoms with E-state index in [1.807, 2.05) is 13.1 Å². The van der Waals surface area contributed by atoms with Gasteiger partial charge in [-0.1, -0.05) is 18.9 Å². The highest BCUT2D eigenvalue weighted by atomic mass is 19.1. The second-order valence-electron chi connectivity index (χ2n) is 7.51. The van der Waals surface area contributed by atoms with Crippen LogP contribution in [0.4, 0.5) is 15.9 Å². The topological polar surface area (TPSA) is 63.1 Å². The van der Waals surface area contributed by atoms with Gasteiger partial charge in [0, 0.05) is 20.1 Å². The van der Waals surface area contributed by atoms with Gasteiger partial charge in [-0.05, 0) is 49.8 Å². The molecule has 0 aromatic carbocycles. The minimum Gasteiger partial charge on any atom is -0.355 e. The number of anilines is 2. The average Bonchev–Trinajstić information content (AvgIpc) is 3.26. The number of aromatic nitrogens is 3. The number of halogens is 1. The van der Waals surface area contributed by atoms with Crippen molar-refractivity contribution in [2.24, 2.45) is 7.05 Å². The quantitative estimate of drug-likeness (QED) is 0.861. The minimum absolute atomic E-state index is 0.217. The molecule has 6 nitrogen and oxygen atoms in total. The molecule has 0 atom stereocenters. The second-order valence-corrected chi connectivity index (χ2v) is 7.51. The lowest BCUT2D eigenvalue weighted by molar-refractivity contribution is 0.102. The van der Waals surface area contributed by atoms with E-state index in [0.717, 1.165) is 56.6 Å². The van der Waals surface area contributed by atoms with Crippen LogP contribution in [0.5, 0.6) is 0 Å². The van der Waals surface area contributed by atoms with Crippen LogP contribution >= 0.6 is 0 Å². The molecular weight excluding hydrogens is 357 g/mol. The lowest BCUT2D eigenvalue weighted by Gasteiger charge is -2.24. The zero-order valence-electron chi connectivity index (χ0n) is 16.2. The Balaban J connectivity index is 1.57. The number of aryl methyl sites for hydroxylation is 1. The molecule has 1 aliphatic carbocycles. The van der Waals surface area contributed by atoms with Gasteiger partial charge in [0.05, 0.1) is 6.20 Å². The van der Waals surface area contributed by atoms with E-state index in [4.69, 9.17) is 0 Å². The van der Waals surface area contributed by atoms with Crippen LogP contribution in [0.15, 0.2) is 24.4 Å². The monoisotopic (exact) mass is 383 g/mol. The summed E-state index contributed by atoms with van der Waals surface area (Å²) < 4.78 is 16.0. The summed E-state index contributed by atoms with van der Waals surface area (Å²) in [6.07, 6.45) is 11.1. The standard InChI is InChI=1S/C21H26FN5O/c1-26-21(27-12-6-2-3-7-13-27)18(14-23-26)25-20(28)17-11-10-16(22)19(24-17)15-8-4-5-9-15/h8,10-11,14H,2-7,9,12-13H2,1H3,(H,25,28). The molecule has 1 N–H and O–H groups in total. The first kappa shape index (κ1) is 18.7. The van der Waals surface area contributed by atoms with Gasteiger partial charge in [0.2, 0.25) is 0 Å². The fraction of sp³-hybridized carbons (Fsp3) is 0.476. The zero-order chi connectivity index (χ0) is 19.5. The summed E-state index contributed by atoms with van der Waals surface area (Å²) >= 11 is 0. The van der Waals surface area contributed by atoms with Gasteiger partial charge in [-0.25, -0.2) is 9.37 Å². The third-order valence-electron chi connectivity index (χ3n) is 5.49. The Morgan fingerprint density at radius 1 is 1.14 bits per heavy atom. The summed E-state index contributed by atoms with van der Waals surface area (Å²) in [7, 11) is 1.89. The summed E-state index contributed by atoms with van der Waals surface area (Å²) in [5.41, 5.74) is 2.07. The maximum absolute atomic E-state index is 14.2. The van der Waals surface area contributed by atoms with Crippen molar-refractivity contribution >= 4 is 23.0 Å². The highest BCUT2D eigenvalue weighted by molar-refractivity contribution is 6.04. The molecular formula is C21H26FN5O. The Labute approximate surface area is 164 Å². The first-order valence-electron chi connectivity index (χ1n) is 10.1. The highest BCUT2D eigenvalue weighted by Gasteiger charge is 2.21. The van der Waals surface area contributed by atoms with Crippen LogP contribution in [0.3, 0.4) is 0 Å². The van der Waals surface area contributed by atoms with Crippen LogP contribution in [0.1, 0.15) is 61.1 Å². The van der Waals surface area contributed by atoms with Gasteiger partial charge in [0.1, 0.15) is 22.9 Å². The van der Waals surface area contributed by atoms with Crippen molar-refractivity contribution in [2.75, 3.05) is 23.3 Å². The van der Waals surface area contributed by atoms with Gasteiger partial charge in [-0.3, -0.25) is 9.48 Å². The molecule has 1 aliphatic heterocycles. The molecule has 2 aliphatic rings. The smallest absolute Gasteiger partial charge is 0.274 e. The van der Waals surface area contributed by atoms with Crippen molar-refractivity contribution in [3.05, 3.63) is 41.6 Å². The molecule has 0 radical (unpaired) electrons. The first-order valence-corrected chi connectivity index (χ1v) is 10.1. The van der Waals surface area contributed by atoms with Crippen molar-refractivity contribution < 1.29 is 9.18 Å². The molecule has 1 saturated heterocycles. The van der Waals surface area contributed by atoms with E-state index >= 15 is 0 Å². The van der Waals surface area contributed by atoms with Crippen molar-refractivity contribution in [2.45, 2.75) is 44.9 Å². The lowest BCUT2D eigenvalue weighted by atomic mass is 10.1. The van der Waals surface area contributed by atoms with E-state index in [1.165, 1.54) is 25.0 Å². The molecule has 3 heterocycles. The number of carbonyl (C=O) groups is 1. The number of pyridine rings is 1. The summed E-state index contributed by atoms with van der Waals surface area (Å²) in [5, 5.41) is 7.27. The van der Waals surface area contributed by atoms with Crippen LogP contribution in [0.2, 0.25) is 0 Å². The SMILES string of the molecule is Cn1ncc(NC(=O)c2ccc(F)c(C3=CCCC3)n2)c1N1CCCCCC1. The van der Waals surface area contributed by atoms with Gasteiger partial charge < -0.3 is 10.2 Å². The zero-order valence-corrected chi connectivity index (χ0v) is 16.2. The number of amides is 1. The fourth-order valence-electron chi connectivity index (χ4n) is 4.04. The average molecular weight is 383 g/mol. The van der Waals surface area contributed by atoms with Crippen molar-refractivity contribution in [3.8, 4) is 0 Å². The number of nitrogens with zero attached hydrogens (tertiary/aromatic N) is 4. The summed E-state index contributed by atoms with van der Waals surface area (Å²) in [4.78, 5) is 19.4. The Bertz CT molecular complexity index is 896. The van der Waals surface area contributed by atoms with Gasteiger partial charge in [0.15, 0.2) is 5.82 Å². The number of carbonyl (C=O) groups excluding carboxylic acids is 1. The number of nitrogens with one attached hydrogen (secondary N) is 1. The minimum atomic E-state index is -0.378. The largest absolute Gasteiger partial charge is 0.355 e. The Kier molecular flexibility index (Phi) is 5.41. The van der Waals surface area contributed by atoms with E-state index in [0.29, 0.717) is 11.4 Å². The third kappa shape index (κ3) is 3.79. The first-order chi connectivity index (χ1) is 13.6. The van der Waals surface area contributed by atoms with Crippen LogP contribution < -0.4 is 10.2 Å². The van der Waals surface area contributed by atoms with E-state index < -0.39 is 0 Å². The molecule has 0 bridgehead atoms. The molecule has 0 spiro atoms. The van der Waals surface area contributed by atoms with Gasteiger partial charge in [-0.2, -0.15) is 5.10 Å². The van der Waals surface area contributed by atoms with E-state index in [2.05, 4.69) is 20.3 Å². The molecule has 4 rings (SSSR count). The normalized spacial score (nSPS) is 17.4. The molecule has 2 aromatic rings. The molecule has 0 saturated carbocycles. The van der Waals surface area contributed by atoms with Crippen LogP contribution in [-0.2, 0) is 7.05 Å². The number of hydrogen-bond acceptors (Lipinski definition) is 4. The van der Waals surface area contributed by atoms with Gasteiger partial charge >= 0.3 is 0 Å². The third-order valence-corrected chi connectivity index (χ3v) is 5.49. The van der Waals surface area contributed by atoms with Gasteiger partial charge in [0.25, 0.3) is 5.91 Å². The van der Waals surface area contributed by atoms with E-state index in [1.54, 1.807) is 10.9 Å². The summed E-state index contributed by atoms with van der Waals surface area (Å²) in [6, 6.07) is 2.76. The van der Waals surface area contributed by atoms with Crippen molar-refractivity contribution in [1.29, 1.82) is 0 Å². The fourth-order valence-corrected chi connectivity index (χ4v) is 4.04. The molecule has 148 valence electrons. The highest BCUT2D eigenvalue weighted by Crippen LogP contribution is 2.30. The number of allylic oxidation sites excluding steroid dienone is 2. The maximum atomic E-state index is 14.2. The maximum Gasteiger partial charge on any atom is 0.274 e. The predicted octanol–water partition coefficient (Wildman–Crippen LogP) is 4.15. The summed E-state index contributed by atoms with van der Waals surface area (Å²) in [6.45, 7) is 1.91. The molecule has 1 fully saturated rings. The van der Waals surface area contributed by atoms with Crippen molar-refractivity contribution in [1.82, 2.24) is 14.8 Å². The van der Waals surface area contributed by atoms with Crippen LogP contribution in [0.25, 0.3) is 5.57 Å².